The maximum atomic E-state index is 13.1. The van der Waals surface area contributed by atoms with Crippen LogP contribution in [-0.2, 0) is 0 Å². The van der Waals surface area contributed by atoms with Gasteiger partial charge in [-0.2, -0.15) is 0 Å². The van der Waals surface area contributed by atoms with Gasteiger partial charge in [-0.1, -0.05) is 24.3 Å². The van der Waals surface area contributed by atoms with E-state index in [0.717, 1.165) is 16.9 Å². The number of ether oxygens (including phenoxy) is 1. The van der Waals surface area contributed by atoms with Crippen molar-refractivity contribution in [3.63, 3.8) is 0 Å². The largest absolute Gasteiger partial charge is 0.492 e. The molecule has 0 atom stereocenters. The van der Waals surface area contributed by atoms with E-state index in [1.165, 1.54) is 12.1 Å². The summed E-state index contributed by atoms with van der Waals surface area (Å²) in [5.74, 6) is 0.950. The molecule has 0 radical (unpaired) electrons. The first-order valence-electron chi connectivity index (χ1n) is 5.34. The molecule has 0 aliphatic carbocycles. The molecule has 0 heterocycles. The van der Waals surface area contributed by atoms with Crippen LogP contribution >= 0.6 is 11.6 Å². The third-order valence-corrected chi connectivity index (χ3v) is 2.49. The maximum absolute atomic E-state index is 13.1. The van der Waals surface area contributed by atoms with Crippen molar-refractivity contribution in [3.05, 3.63) is 54.3 Å². The van der Waals surface area contributed by atoms with Gasteiger partial charge in [-0.25, -0.2) is 4.39 Å². The Kier molecular flexibility index (Phi) is 3.99. The fourth-order valence-electron chi connectivity index (χ4n) is 1.59. The minimum Gasteiger partial charge on any atom is -0.492 e. The molecule has 0 aliphatic rings. The molecule has 2 aromatic rings. The van der Waals surface area contributed by atoms with Crippen molar-refractivity contribution in [2.75, 3.05) is 12.5 Å². The van der Waals surface area contributed by atoms with Gasteiger partial charge in [-0.15, -0.1) is 11.6 Å². The molecule has 2 rings (SSSR count). The maximum Gasteiger partial charge on any atom is 0.123 e. The molecule has 1 nitrogen and oxygen atoms in total. The molecular formula is C14H12ClFO. The van der Waals surface area contributed by atoms with Crippen LogP contribution in [0.3, 0.4) is 0 Å². The Bertz CT molecular complexity index is 499. The minimum absolute atomic E-state index is 0.241. The predicted octanol–water partition coefficient (Wildman–Crippen LogP) is 4.11. The Balaban J connectivity index is 2.26. The second-order valence-electron chi connectivity index (χ2n) is 3.58. The van der Waals surface area contributed by atoms with Crippen molar-refractivity contribution in [1.29, 1.82) is 0 Å². The zero-order valence-corrected chi connectivity index (χ0v) is 9.95. The molecule has 0 aromatic heterocycles. The highest BCUT2D eigenvalue weighted by atomic mass is 35.5. The van der Waals surface area contributed by atoms with Gasteiger partial charge >= 0.3 is 0 Å². The number of rotatable bonds is 4. The van der Waals surface area contributed by atoms with E-state index >= 15 is 0 Å². The second-order valence-corrected chi connectivity index (χ2v) is 3.95. The van der Waals surface area contributed by atoms with E-state index in [9.17, 15) is 4.39 Å². The van der Waals surface area contributed by atoms with Crippen LogP contribution in [0, 0.1) is 5.82 Å². The predicted molar refractivity (Wildman–Crippen MR) is 68.1 cm³/mol. The van der Waals surface area contributed by atoms with E-state index in [0.29, 0.717) is 12.5 Å². The van der Waals surface area contributed by atoms with Crippen LogP contribution in [0.5, 0.6) is 5.75 Å². The number of benzene rings is 2. The van der Waals surface area contributed by atoms with Crippen LogP contribution in [0.4, 0.5) is 4.39 Å². The van der Waals surface area contributed by atoms with Gasteiger partial charge in [0, 0.05) is 0 Å². The van der Waals surface area contributed by atoms with Gasteiger partial charge in [0.15, 0.2) is 0 Å². The lowest BCUT2D eigenvalue weighted by molar-refractivity contribution is 0.343. The standard InChI is InChI=1S/C14H12ClFO/c15-7-8-17-14-6-2-4-12(10-14)11-3-1-5-13(16)9-11/h1-6,9-10H,7-8H2. The highest BCUT2D eigenvalue weighted by Crippen LogP contribution is 2.24. The highest BCUT2D eigenvalue weighted by molar-refractivity contribution is 6.18. The molecule has 0 unspecified atom stereocenters. The van der Waals surface area contributed by atoms with Crippen molar-refractivity contribution in [2.45, 2.75) is 0 Å². The average Bonchev–Trinajstić information content (AvgIpc) is 2.37. The van der Waals surface area contributed by atoms with E-state index in [1.54, 1.807) is 6.07 Å². The van der Waals surface area contributed by atoms with Gasteiger partial charge in [0.2, 0.25) is 0 Å². The SMILES string of the molecule is Fc1cccc(-c2cccc(OCCCl)c2)c1. The third-order valence-electron chi connectivity index (χ3n) is 2.34. The summed E-state index contributed by atoms with van der Waals surface area (Å²) in [6.07, 6.45) is 0. The molecule has 0 bridgehead atoms. The Labute approximate surface area is 105 Å². The fraction of sp³-hybridized carbons (Fsp3) is 0.143. The van der Waals surface area contributed by atoms with Crippen LogP contribution in [-0.4, -0.2) is 12.5 Å². The Morgan fingerprint density at radius 2 is 1.71 bits per heavy atom. The summed E-state index contributed by atoms with van der Waals surface area (Å²) in [6.45, 7) is 0.466. The van der Waals surface area contributed by atoms with Gasteiger partial charge in [0.1, 0.15) is 18.2 Å². The van der Waals surface area contributed by atoms with Gasteiger partial charge in [0.25, 0.3) is 0 Å². The van der Waals surface area contributed by atoms with Crippen LogP contribution < -0.4 is 4.74 Å². The first-order valence-corrected chi connectivity index (χ1v) is 5.88. The number of hydrogen-bond donors (Lipinski definition) is 0. The Hall–Kier alpha value is -1.54. The Morgan fingerprint density at radius 3 is 2.41 bits per heavy atom. The van der Waals surface area contributed by atoms with Gasteiger partial charge < -0.3 is 4.74 Å². The summed E-state index contributed by atoms with van der Waals surface area (Å²) in [5, 5.41) is 0. The van der Waals surface area contributed by atoms with E-state index in [1.807, 2.05) is 30.3 Å². The lowest BCUT2D eigenvalue weighted by atomic mass is 10.1. The third kappa shape index (κ3) is 3.21. The molecule has 0 saturated carbocycles. The second kappa shape index (κ2) is 5.69. The van der Waals surface area contributed by atoms with Crippen molar-refractivity contribution in [3.8, 4) is 16.9 Å². The summed E-state index contributed by atoms with van der Waals surface area (Å²) in [7, 11) is 0. The lowest BCUT2D eigenvalue weighted by Gasteiger charge is -2.07. The quantitative estimate of drug-likeness (QED) is 0.742. The van der Waals surface area contributed by atoms with Gasteiger partial charge in [-0.05, 0) is 35.4 Å². The normalized spacial score (nSPS) is 10.2. The summed E-state index contributed by atoms with van der Waals surface area (Å²) in [6, 6.07) is 14.0. The van der Waals surface area contributed by atoms with E-state index < -0.39 is 0 Å². The summed E-state index contributed by atoms with van der Waals surface area (Å²) >= 11 is 5.55. The lowest BCUT2D eigenvalue weighted by Crippen LogP contribution is -1.97. The van der Waals surface area contributed by atoms with E-state index in [4.69, 9.17) is 16.3 Å². The number of alkyl halides is 1. The van der Waals surface area contributed by atoms with Gasteiger partial charge in [0.05, 0.1) is 5.88 Å². The molecule has 88 valence electrons. The van der Waals surface area contributed by atoms with Crippen LogP contribution in [0.2, 0.25) is 0 Å². The average molecular weight is 251 g/mol. The first kappa shape index (κ1) is 11.9. The molecular weight excluding hydrogens is 239 g/mol. The molecule has 17 heavy (non-hydrogen) atoms. The van der Waals surface area contributed by atoms with Crippen LogP contribution in [0.15, 0.2) is 48.5 Å². The van der Waals surface area contributed by atoms with E-state index in [-0.39, 0.29) is 5.82 Å². The zero-order chi connectivity index (χ0) is 12.1. The summed E-state index contributed by atoms with van der Waals surface area (Å²) < 4.78 is 18.5. The first-order chi connectivity index (χ1) is 8.29. The smallest absolute Gasteiger partial charge is 0.123 e. The fourth-order valence-corrected chi connectivity index (χ4v) is 1.67. The summed E-state index contributed by atoms with van der Waals surface area (Å²) in [5.41, 5.74) is 1.76. The number of halogens is 2. The monoisotopic (exact) mass is 250 g/mol. The number of hydrogen-bond acceptors (Lipinski definition) is 1. The molecule has 0 amide bonds. The topological polar surface area (TPSA) is 9.23 Å². The molecule has 3 heteroatoms. The molecule has 0 fully saturated rings. The molecule has 0 N–H and O–H groups in total. The zero-order valence-electron chi connectivity index (χ0n) is 9.20. The van der Waals surface area contributed by atoms with Crippen molar-refractivity contribution in [2.24, 2.45) is 0 Å². The van der Waals surface area contributed by atoms with Crippen molar-refractivity contribution < 1.29 is 9.13 Å². The highest BCUT2D eigenvalue weighted by Gasteiger charge is 2.01. The van der Waals surface area contributed by atoms with E-state index in [2.05, 4.69) is 0 Å². The van der Waals surface area contributed by atoms with Gasteiger partial charge in [-0.3, -0.25) is 0 Å². The van der Waals surface area contributed by atoms with Crippen molar-refractivity contribution in [1.82, 2.24) is 0 Å². The summed E-state index contributed by atoms with van der Waals surface area (Å²) in [4.78, 5) is 0. The van der Waals surface area contributed by atoms with Crippen LogP contribution in [0.25, 0.3) is 11.1 Å². The molecule has 2 aromatic carbocycles. The minimum atomic E-state index is -0.241. The molecule has 0 aliphatic heterocycles. The van der Waals surface area contributed by atoms with Crippen LogP contribution in [0.1, 0.15) is 0 Å². The Morgan fingerprint density at radius 1 is 1.00 bits per heavy atom. The van der Waals surface area contributed by atoms with Crippen molar-refractivity contribution >= 4 is 11.6 Å². The molecule has 0 saturated heterocycles. The molecule has 0 spiro atoms.